The smallest absolute Gasteiger partial charge is 0.0350 e. The highest BCUT2D eigenvalue weighted by molar-refractivity contribution is 5.57. The molecule has 1 aromatic rings. The van der Waals surface area contributed by atoms with Crippen molar-refractivity contribution in [2.75, 3.05) is 12.3 Å². The highest BCUT2D eigenvalue weighted by atomic mass is 15.0. The number of hydrogen-bond acceptors (Lipinski definition) is 2. The fraction of sp³-hybridized carbons (Fsp3) is 0.500. The summed E-state index contributed by atoms with van der Waals surface area (Å²) in [5.41, 5.74) is 10.4. The van der Waals surface area contributed by atoms with E-state index in [1.54, 1.807) is 0 Å². The van der Waals surface area contributed by atoms with Crippen LogP contribution in [-0.2, 0) is 11.8 Å². The Bertz CT molecular complexity index is 520. The molecule has 0 amide bonds. The number of rotatable bonds is 0. The summed E-state index contributed by atoms with van der Waals surface area (Å²) in [6, 6.07) is 7.12. The summed E-state index contributed by atoms with van der Waals surface area (Å²) >= 11 is 0. The van der Waals surface area contributed by atoms with Gasteiger partial charge in [0.2, 0.25) is 0 Å². The standard InChI is InChI=1S/C16H20N2/c17-14-6-3-5-12-11(14)10-15-13-4-1-2-7-16(12,13)8-9-18-15/h2-3,5-7,13,15,18H,1,4,8-10,17H2/t13-,15+,16-/m0/s1. The van der Waals surface area contributed by atoms with Gasteiger partial charge in [0.15, 0.2) is 0 Å². The molecule has 0 aromatic heterocycles. The molecule has 2 nitrogen and oxygen atoms in total. The number of fused-ring (bicyclic) bond motifs is 1. The lowest BCUT2D eigenvalue weighted by molar-refractivity contribution is 0.150. The molecular formula is C16H20N2. The highest BCUT2D eigenvalue weighted by Gasteiger charge is 2.50. The second kappa shape index (κ2) is 3.61. The van der Waals surface area contributed by atoms with E-state index in [-0.39, 0.29) is 5.41 Å². The molecule has 2 bridgehead atoms. The van der Waals surface area contributed by atoms with E-state index in [0.717, 1.165) is 24.6 Å². The summed E-state index contributed by atoms with van der Waals surface area (Å²) in [4.78, 5) is 0. The van der Waals surface area contributed by atoms with Gasteiger partial charge in [-0.15, -0.1) is 0 Å². The van der Waals surface area contributed by atoms with Gasteiger partial charge in [0.1, 0.15) is 0 Å². The third-order valence-electron chi connectivity index (χ3n) is 5.29. The minimum absolute atomic E-state index is 0.275. The van der Waals surface area contributed by atoms with E-state index in [9.17, 15) is 0 Å². The number of nitrogen functional groups attached to an aromatic ring is 1. The Morgan fingerprint density at radius 3 is 3.22 bits per heavy atom. The lowest BCUT2D eigenvalue weighted by Crippen LogP contribution is -2.58. The molecule has 3 N–H and O–H groups in total. The molecule has 2 aliphatic carbocycles. The molecule has 0 spiro atoms. The van der Waals surface area contributed by atoms with Gasteiger partial charge >= 0.3 is 0 Å². The van der Waals surface area contributed by atoms with Gasteiger partial charge in [0.25, 0.3) is 0 Å². The van der Waals surface area contributed by atoms with Crippen LogP contribution in [0.2, 0.25) is 0 Å². The first-order valence-corrected chi connectivity index (χ1v) is 7.10. The fourth-order valence-electron chi connectivity index (χ4n) is 4.51. The molecule has 1 aliphatic heterocycles. The van der Waals surface area contributed by atoms with E-state index in [4.69, 9.17) is 5.73 Å². The minimum Gasteiger partial charge on any atom is -0.398 e. The minimum atomic E-state index is 0.275. The van der Waals surface area contributed by atoms with Crippen LogP contribution in [0.25, 0.3) is 0 Å². The predicted molar refractivity (Wildman–Crippen MR) is 74.5 cm³/mol. The van der Waals surface area contributed by atoms with Crippen molar-refractivity contribution in [1.29, 1.82) is 0 Å². The molecule has 3 atom stereocenters. The van der Waals surface area contributed by atoms with Crippen LogP contribution in [0.15, 0.2) is 30.4 Å². The first kappa shape index (κ1) is 10.6. The lowest BCUT2D eigenvalue weighted by atomic mass is 9.55. The number of piperidine rings is 1. The van der Waals surface area contributed by atoms with Crippen LogP contribution in [0.5, 0.6) is 0 Å². The molecule has 4 rings (SSSR count). The van der Waals surface area contributed by atoms with Crippen LogP contribution in [0.3, 0.4) is 0 Å². The van der Waals surface area contributed by atoms with Crippen molar-refractivity contribution in [2.45, 2.75) is 37.1 Å². The van der Waals surface area contributed by atoms with Crippen LogP contribution < -0.4 is 11.1 Å². The Morgan fingerprint density at radius 2 is 2.28 bits per heavy atom. The van der Waals surface area contributed by atoms with E-state index >= 15 is 0 Å². The zero-order chi connectivity index (χ0) is 12.2. The zero-order valence-electron chi connectivity index (χ0n) is 10.7. The Balaban J connectivity index is 1.98. The third-order valence-corrected chi connectivity index (χ3v) is 5.29. The van der Waals surface area contributed by atoms with Gasteiger partial charge < -0.3 is 11.1 Å². The Kier molecular flexibility index (Phi) is 2.13. The number of nitrogens with one attached hydrogen (secondary N) is 1. The quantitative estimate of drug-likeness (QED) is 0.540. The van der Waals surface area contributed by atoms with Gasteiger partial charge in [-0.25, -0.2) is 0 Å². The topological polar surface area (TPSA) is 38.0 Å². The SMILES string of the molecule is Nc1cccc2c1C[C@H]1NCC[C@@]23C=CCC[C@@H]13. The fourth-order valence-corrected chi connectivity index (χ4v) is 4.51. The van der Waals surface area contributed by atoms with Crippen molar-refractivity contribution in [1.82, 2.24) is 5.32 Å². The summed E-state index contributed by atoms with van der Waals surface area (Å²) in [7, 11) is 0. The van der Waals surface area contributed by atoms with Crippen LogP contribution >= 0.6 is 0 Å². The molecule has 1 heterocycles. The van der Waals surface area contributed by atoms with Crippen molar-refractivity contribution >= 4 is 5.69 Å². The van der Waals surface area contributed by atoms with Gasteiger partial charge in [-0.2, -0.15) is 0 Å². The normalized spacial score (nSPS) is 36.9. The molecule has 1 aromatic carbocycles. The molecule has 0 unspecified atom stereocenters. The maximum absolute atomic E-state index is 6.21. The number of anilines is 1. The lowest BCUT2D eigenvalue weighted by Gasteiger charge is -2.53. The zero-order valence-corrected chi connectivity index (χ0v) is 10.7. The van der Waals surface area contributed by atoms with Crippen LogP contribution in [-0.4, -0.2) is 12.6 Å². The summed E-state index contributed by atoms with van der Waals surface area (Å²) in [5, 5.41) is 3.72. The molecule has 1 fully saturated rings. The van der Waals surface area contributed by atoms with Crippen molar-refractivity contribution in [2.24, 2.45) is 5.92 Å². The number of benzene rings is 1. The Hall–Kier alpha value is -1.28. The van der Waals surface area contributed by atoms with Gasteiger partial charge in [-0.3, -0.25) is 0 Å². The van der Waals surface area contributed by atoms with Crippen molar-refractivity contribution in [3.05, 3.63) is 41.5 Å². The Morgan fingerprint density at radius 1 is 1.33 bits per heavy atom. The van der Waals surface area contributed by atoms with E-state index in [2.05, 4.69) is 35.7 Å². The summed E-state index contributed by atoms with van der Waals surface area (Å²) in [6.07, 6.45) is 9.78. The van der Waals surface area contributed by atoms with E-state index < -0.39 is 0 Å². The summed E-state index contributed by atoms with van der Waals surface area (Å²) in [5.74, 6) is 0.769. The summed E-state index contributed by atoms with van der Waals surface area (Å²) in [6.45, 7) is 1.14. The number of hydrogen-bond donors (Lipinski definition) is 2. The summed E-state index contributed by atoms with van der Waals surface area (Å²) < 4.78 is 0. The van der Waals surface area contributed by atoms with E-state index in [0.29, 0.717) is 6.04 Å². The largest absolute Gasteiger partial charge is 0.398 e. The third kappa shape index (κ3) is 1.22. The molecule has 94 valence electrons. The van der Waals surface area contributed by atoms with Gasteiger partial charge in [-0.1, -0.05) is 24.3 Å². The molecule has 0 radical (unpaired) electrons. The molecule has 2 heteroatoms. The first-order valence-electron chi connectivity index (χ1n) is 7.10. The maximum Gasteiger partial charge on any atom is 0.0350 e. The molecule has 1 saturated heterocycles. The van der Waals surface area contributed by atoms with Crippen LogP contribution in [0.1, 0.15) is 30.4 Å². The first-order chi connectivity index (χ1) is 8.81. The van der Waals surface area contributed by atoms with Crippen LogP contribution in [0, 0.1) is 5.92 Å². The number of nitrogens with two attached hydrogens (primary N) is 1. The van der Waals surface area contributed by atoms with Crippen molar-refractivity contribution in [3.63, 3.8) is 0 Å². The van der Waals surface area contributed by atoms with Gasteiger partial charge in [0, 0.05) is 17.1 Å². The second-order valence-corrected chi connectivity index (χ2v) is 6.01. The van der Waals surface area contributed by atoms with Crippen molar-refractivity contribution in [3.8, 4) is 0 Å². The second-order valence-electron chi connectivity index (χ2n) is 6.01. The number of allylic oxidation sites excluding steroid dienone is 2. The molecular weight excluding hydrogens is 220 g/mol. The highest BCUT2D eigenvalue weighted by Crippen LogP contribution is 2.51. The predicted octanol–water partition coefficient (Wildman–Crippen LogP) is 2.39. The van der Waals surface area contributed by atoms with E-state index in [1.807, 2.05) is 0 Å². The van der Waals surface area contributed by atoms with Gasteiger partial charge in [-0.05, 0) is 55.3 Å². The van der Waals surface area contributed by atoms with Crippen LogP contribution in [0.4, 0.5) is 5.69 Å². The Labute approximate surface area is 108 Å². The molecule has 0 saturated carbocycles. The average Bonchev–Trinajstić information content (AvgIpc) is 2.40. The molecule has 3 aliphatic rings. The van der Waals surface area contributed by atoms with Crippen molar-refractivity contribution < 1.29 is 0 Å². The van der Waals surface area contributed by atoms with E-state index in [1.165, 1.54) is 30.4 Å². The average molecular weight is 240 g/mol. The monoisotopic (exact) mass is 240 g/mol. The maximum atomic E-state index is 6.21. The molecule has 18 heavy (non-hydrogen) atoms. The van der Waals surface area contributed by atoms with Gasteiger partial charge in [0.05, 0.1) is 0 Å².